The van der Waals surface area contributed by atoms with Gasteiger partial charge in [-0.2, -0.15) is 0 Å². The van der Waals surface area contributed by atoms with Gasteiger partial charge < -0.3 is 8.83 Å². The van der Waals surface area contributed by atoms with Crippen LogP contribution in [0.1, 0.15) is 0 Å². The van der Waals surface area contributed by atoms with E-state index in [1.807, 2.05) is 24.3 Å². The van der Waals surface area contributed by atoms with Crippen LogP contribution in [0.2, 0.25) is 0 Å². The number of nitrogens with zero attached hydrogens (tertiary/aromatic N) is 2. The van der Waals surface area contributed by atoms with Gasteiger partial charge in [0.2, 0.25) is 0 Å². The predicted molar refractivity (Wildman–Crippen MR) is 196 cm³/mol. The van der Waals surface area contributed by atoms with Gasteiger partial charge in [0.05, 0.1) is 0 Å². The zero-order valence-corrected chi connectivity index (χ0v) is 25.7. The first-order chi connectivity index (χ1) is 23.8. The Balaban J connectivity index is 1.19. The predicted octanol–water partition coefficient (Wildman–Crippen LogP) is 12.1. The molecule has 0 bridgehead atoms. The van der Waals surface area contributed by atoms with Crippen LogP contribution in [0.15, 0.2) is 167 Å². The molecule has 3 aromatic heterocycles. The fourth-order valence-electron chi connectivity index (χ4n) is 6.99. The molecule has 0 aliphatic carbocycles. The SMILES string of the molecule is c1ccc(-c2cccc(-c3nc(-c4ccc5c(c4)oc4c6ccccc6c(-c6ccccc6)cc54)nc4c3oc3ccccc34)c2)cc1. The number of benzene rings is 7. The number of para-hydroxylation sites is 1. The van der Waals surface area contributed by atoms with Gasteiger partial charge >= 0.3 is 0 Å². The van der Waals surface area contributed by atoms with E-state index in [9.17, 15) is 0 Å². The molecule has 0 spiro atoms. The van der Waals surface area contributed by atoms with Gasteiger partial charge in [-0.15, -0.1) is 0 Å². The Morgan fingerprint density at radius 3 is 1.85 bits per heavy atom. The van der Waals surface area contributed by atoms with E-state index in [0.29, 0.717) is 11.4 Å². The molecule has 0 fully saturated rings. The van der Waals surface area contributed by atoms with Gasteiger partial charge in [0.25, 0.3) is 0 Å². The molecular formula is C44H26N2O2. The molecule has 0 amide bonds. The first kappa shape index (κ1) is 26.7. The van der Waals surface area contributed by atoms with Crippen molar-refractivity contribution in [3.05, 3.63) is 158 Å². The van der Waals surface area contributed by atoms with Crippen LogP contribution in [0.4, 0.5) is 0 Å². The summed E-state index contributed by atoms with van der Waals surface area (Å²) < 4.78 is 13.1. The standard InChI is InChI=1S/C44H26N2O2/c1-3-12-27(13-4-1)29-16-11-17-30(24-29)40-43-41(35-20-9-10-21-38(35)47-43)46-44(45-40)31-22-23-33-37-26-36(28-14-5-2-6-15-28)32-18-7-8-19-34(32)42(37)48-39(33)25-31/h1-26H. The molecule has 4 nitrogen and oxygen atoms in total. The van der Waals surface area contributed by atoms with Crippen molar-refractivity contribution in [1.29, 1.82) is 0 Å². The second-order valence-electron chi connectivity index (χ2n) is 12.1. The molecule has 224 valence electrons. The second-order valence-corrected chi connectivity index (χ2v) is 12.1. The van der Waals surface area contributed by atoms with Crippen LogP contribution in [-0.2, 0) is 0 Å². The first-order valence-corrected chi connectivity index (χ1v) is 16.1. The Morgan fingerprint density at radius 2 is 1.02 bits per heavy atom. The highest BCUT2D eigenvalue weighted by Crippen LogP contribution is 2.41. The lowest BCUT2D eigenvalue weighted by molar-refractivity contribution is 0.667. The van der Waals surface area contributed by atoms with E-state index < -0.39 is 0 Å². The van der Waals surface area contributed by atoms with Crippen molar-refractivity contribution in [2.75, 3.05) is 0 Å². The van der Waals surface area contributed by atoms with Gasteiger partial charge in [-0.1, -0.05) is 121 Å². The first-order valence-electron chi connectivity index (χ1n) is 16.1. The van der Waals surface area contributed by atoms with Crippen LogP contribution in [0, 0.1) is 0 Å². The fraction of sp³-hybridized carbons (Fsp3) is 0. The summed E-state index contributed by atoms with van der Waals surface area (Å²) in [7, 11) is 0. The van der Waals surface area contributed by atoms with Crippen LogP contribution in [0.3, 0.4) is 0 Å². The van der Waals surface area contributed by atoms with Crippen molar-refractivity contribution in [2.24, 2.45) is 0 Å². The minimum atomic E-state index is 0.617. The number of fused-ring (bicyclic) bond motifs is 8. The Hall–Kier alpha value is -6.52. The van der Waals surface area contributed by atoms with Crippen molar-refractivity contribution in [3.8, 4) is 44.9 Å². The molecule has 0 saturated carbocycles. The molecule has 0 aliphatic heterocycles. The van der Waals surface area contributed by atoms with E-state index >= 15 is 0 Å². The van der Waals surface area contributed by atoms with E-state index in [2.05, 4.69) is 133 Å². The molecule has 0 saturated heterocycles. The fourth-order valence-corrected chi connectivity index (χ4v) is 6.99. The lowest BCUT2D eigenvalue weighted by Crippen LogP contribution is -1.94. The Kier molecular flexibility index (Phi) is 5.84. The highest BCUT2D eigenvalue weighted by atomic mass is 16.3. The quantitative estimate of drug-likeness (QED) is 0.198. The van der Waals surface area contributed by atoms with Crippen LogP contribution in [0.25, 0.3) is 99.7 Å². The Bertz CT molecular complexity index is 2830. The smallest absolute Gasteiger partial charge is 0.180 e. The van der Waals surface area contributed by atoms with Crippen molar-refractivity contribution in [3.63, 3.8) is 0 Å². The van der Waals surface area contributed by atoms with Gasteiger partial charge in [0.1, 0.15) is 28.0 Å². The highest BCUT2D eigenvalue weighted by molar-refractivity contribution is 6.19. The molecule has 0 unspecified atom stereocenters. The van der Waals surface area contributed by atoms with E-state index in [-0.39, 0.29) is 0 Å². The van der Waals surface area contributed by atoms with Crippen molar-refractivity contribution < 1.29 is 8.83 Å². The average molecular weight is 615 g/mol. The second kappa shape index (κ2) is 10.5. The van der Waals surface area contributed by atoms with Gasteiger partial charge in [-0.05, 0) is 64.0 Å². The van der Waals surface area contributed by atoms with Crippen molar-refractivity contribution >= 4 is 54.8 Å². The van der Waals surface area contributed by atoms with Gasteiger partial charge in [0.15, 0.2) is 11.4 Å². The highest BCUT2D eigenvalue weighted by Gasteiger charge is 2.20. The Morgan fingerprint density at radius 1 is 0.354 bits per heavy atom. The number of furan rings is 2. The number of aromatic nitrogens is 2. The third-order valence-electron chi connectivity index (χ3n) is 9.28. The molecule has 0 aliphatic rings. The zero-order valence-electron chi connectivity index (χ0n) is 25.7. The molecule has 3 heterocycles. The third kappa shape index (κ3) is 4.16. The summed E-state index contributed by atoms with van der Waals surface area (Å²) in [6.07, 6.45) is 0. The molecule has 7 aromatic carbocycles. The maximum Gasteiger partial charge on any atom is 0.180 e. The minimum absolute atomic E-state index is 0.617. The van der Waals surface area contributed by atoms with Gasteiger partial charge in [-0.25, -0.2) is 9.97 Å². The van der Waals surface area contributed by atoms with E-state index in [1.54, 1.807) is 0 Å². The summed E-state index contributed by atoms with van der Waals surface area (Å²) in [5.41, 5.74) is 11.2. The van der Waals surface area contributed by atoms with Gasteiger partial charge in [0, 0.05) is 32.7 Å². The van der Waals surface area contributed by atoms with E-state index in [1.165, 1.54) is 16.5 Å². The van der Waals surface area contributed by atoms with Crippen molar-refractivity contribution in [1.82, 2.24) is 9.97 Å². The molecule has 4 heteroatoms. The number of rotatable bonds is 4. The van der Waals surface area contributed by atoms with Crippen LogP contribution in [0.5, 0.6) is 0 Å². The monoisotopic (exact) mass is 614 g/mol. The molecule has 10 rings (SSSR count). The molecule has 0 atom stereocenters. The molecule has 48 heavy (non-hydrogen) atoms. The van der Waals surface area contributed by atoms with Crippen molar-refractivity contribution in [2.45, 2.75) is 0 Å². The average Bonchev–Trinajstić information content (AvgIpc) is 3.73. The maximum absolute atomic E-state index is 6.67. The molecule has 0 radical (unpaired) electrons. The summed E-state index contributed by atoms with van der Waals surface area (Å²) in [5.74, 6) is 0.617. The topological polar surface area (TPSA) is 52.1 Å². The third-order valence-corrected chi connectivity index (χ3v) is 9.28. The van der Waals surface area contributed by atoms with Crippen LogP contribution >= 0.6 is 0 Å². The minimum Gasteiger partial charge on any atom is -0.455 e. The van der Waals surface area contributed by atoms with Crippen LogP contribution < -0.4 is 0 Å². The summed E-state index contributed by atoms with van der Waals surface area (Å²) in [5, 5.41) is 5.36. The van der Waals surface area contributed by atoms with E-state index in [0.717, 1.165) is 71.8 Å². The summed E-state index contributed by atoms with van der Waals surface area (Å²) >= 11 is 0. The lowest BCUT2D eigenvalue weighted by atomic mass is 9.95. The largest absolute Gasteiger partial charge is 0.455 e. The normalized spacial score (nSPS) is 11.8. The number of hydrogen-bond acceptors (Lipinski definition) is 4. The summed E-state index contributed by atoms with van der Waals surface area (Å²) in [4.78, 5) is 10.3. The molecular weight excluding hydrogens is 588 g/mol. The van der Waals surface area contributed by atoms with Crippen LogP contribution in [-0.4, -0.2) is 9.97 Å². The zero-order chi connectivity index (χ0) is 31.6. The molecule has 10 aromatic rings. The van der Waals surface area contributed by atoms with E-state index in [4.69, 9.17) is 18.8 Å². The molecule has 0 N–H and O–H groups in total. The Labute approximate surface area is 275 Å². The summed E-state index contributed by atoms with van der Waals surface area (Å²) in [6, 6.07) is 54.5. The maximum atomic E-state index is 6.67. The van der Waals surface area contributed by atoms with Gasteiger partial charge in [-0.3, -0.25) is 0 Å². The number of hydrogen-bond donors (Lipinski definition) is 0. The lowest BCUT2D eigenvalue weighted by Gasteiger charge is -2.08. The summed E-state index contributed by atoms with van der Waals surface area (Å²) in [6.45, 7) is 0.